The molecule has 2 amide bonds. The molecule has 2 aliphatic heterocycles. The van der Waals surface area contributed by atoms with E-state index in [4.69, 9.17) is 0 Å². The number of hydrogen-bond donors (Lipinski definition) is 2. The van der Waals surface area contributed by atoms with Gasteiger partial charge in [0.15, 0.2) is 0 Å². The van der Waals surface area contributed by atoms with E-state index in [-0.39, 0.29) is 30.4 Å². The van der Waals surface area contributed by atoms with E-state index < -0.39 is 5.97 Å². The Morgan fingerprint density at radius 1 is 1.03 bits per heavy atom. The van der Waals surface area contributed by atoms with Crippen LogP contribution in [0.25, 0.3) is 10.9 Å². The van der Waals surface area contributed by atoms with Crippen LogP contribution in [0.5, 0.6) is 0 Å². The second-order valence-electron chi connectivity index (χ2n) is 10.6. The lowest BCUT2D eigenvalue weighted by atomic mass is 9.82. The zero-order valence-corrected chi connectivity index (χ0v) is 21.0. The number of anilines is 1. The number of carbonyl (C=O) groups excluding carboxylic acids is 2. The number of aromatic nitrogens is 1. The molecule has 6 rings (SSSR count). The highest BCUT2D eigenvalue weighted by Gasteiger charge is 2.42. The molecule has 0 saturated heterocycles. The monoisotopic (exact) mass is 500 g/mol. The third-order valence-electron chi connectivity index (χ3n) is 8.49. The van der Waals surface area contributed by atoms with Crippen molar-refractivity contribution in [2.75, 3.05) is 25.0 Å². The maximum Gasteiger partial charge on any atom is 0.306 e. The highest BCUT2D eigenvalue weighted by Crippen LogP contribution is 2.44. The van der Waals surface area contributed by atoms with Crippen LogP contribution >= 0.6 is 0 Å². The summed E-state index contributed by atoms with van der Waals surface area (Å²) >= 11 is 0. The minimum absolute atomic E-state index is 0.0302. The Balaban J connectivity index is 1.29. The first-order valence-electron chi connectivity index (χ1n) is 13.2. The summed E-state index contributed by atoms with van der Waals surface area (Å²) in [6.45, 7) is 1.37. The molecular formula is C29H32N4O4. The van der Waals surface area contributed by atoms with E-state index in [0.717, 1.165) is 41.5 Å². The molecule has 2 aromatic carbocycles. The molecule has 37 heavy (non-hydrogen) atoms. The predicted octanol–water partition coefficient (Wildman–Crippen LogP) is 3.80. The number of aliphatic carboxylic acids is 1. The second-order valence-corrected chi connectivity index (χ2v) is 10.6. The average molecular weight is 501 g/mol. The second kappa shape index (κ2) is 9.25. The Bertz CT molecular complexity index is 1390. The van der Waals surface area contributed by atoms with Crippen molar-refractivity contribution in [2.24, 2.45) is 11.8 Å². The highest BCUT2D eigenvalue weighted by molar-refractivity contribution is 6.02. The van der Waals surface area contributed by atoms with Gasteiger partial charge in [0.05, 0.1) is 22.9 Å². The van der Waals surface area contributed by atoms with Gasteiger partial charge in [0.2, 0.25) is 5.91 Å². The Hall–Kier alpha value is -3.81. The number of carboxylic acid groups (broad SMARTS) is 1. The van der Waals surface area contributed by atoms with Crippen LogP contribution in [0, 0.1) is 11.8 Å². The van der Waals surface area contributed by atoms with E-state index in [2.05, 4.69) is 26.9 Å². The van der Waals surface area contributed by atoms with Crippen LogP contribution in [-0.4, -0.2) is 52.5 Å². The molecule has 0 spiro atoms. The number of nitrogens with one attached hydrogen (secondary N) is 1. The van der Waals surface area contributed by atoms with Gasteiger partial charge in [-0.15, -0.1) is 0 Å². The summed E-state index contributed by atoms with van der Waals surface area (Å²) in [6.07, 6.45) is 3.45. The number of rotatable bonds is 5. The van der Waals surface area contributed by atoms with Crippen molar-refractivity contribution in [3.8, 4) is 0 Å². The first kappa shape index (κ1) is 23.6. The van der Waals surface area contributed by atoms with Crippen LogP contribution in [0.3, 0.4) is 0 Å². The van der Waals surface area contributed by atoms with Gasteiger partial charge in [-0.05, 0) is 61.8 Å². The number of hydrogen-bond acceptors (Lipinski definition) is 4. The third kappa shape index (κ3) is 3.95. The maximum absolute atomic E-state index is 13.5. The summed E-state index contributed by atoms with van der Waals surface area (Å²) in [7, 11) is 2.02. The highest BCUT2D eigenvalue weighted by atomic mass is 16.4. The number of nitrogens with zero attached hydrogens (tertiary/aromatic N) is 3. The lowest BCUT2D eigenvalue weighted by Gasteiger charge is -2.46. The molecule has 1 fully saturated rings. The summed E-state index contributed by atoms with van der Waals surface area (Å²) in [5, 5.41) is 13.5. The Morgan fingerprint density at radius 3 is 2.54 bits per heavy atom. The van der Waals surface area contributed by atoms with Gasteiger partial charge in [-0.3, -0.25) is 14.4 Å². The zero-order chi connectivity index (χ0) is 25.7. The molecule has 8 heteroatoms. The summed E-state index contributed by atoms with van der Waals surface area (Å²) in [6, 6.07) is 15.9. The van der Waals surface area contributed by atoms with Gasteiger partial charge in [-0.2, -0.15) is 0 Å². The van der Waals surface area contributed by atoms with Crippen LogP contribution in [0.15, 0.2) is 48.5 Å². The van der Waals surface area contributed by atoms with Crippen LogP contribution in [0.4, 0.5) is 5.69 Å². The lowest BCUT2D eigenvalue weighted by molar-refractivity contribution is -0.143. The Labute approximate surface area is 215 Å². The standard InChI is InChI=1S/C29H32N4O4/c1-31-23-8-4-3-7-22(23)28(35)32-15-14-21-20-6-2-5-9-24(20)33(26(21)27(31)32)17-25(34)30-16-18-10-12-19(13-11-18)29(36)37/h2-9,18-19,27H,10-17H2,1H3,(H,30,34)(H,36,37). The Kier molecular flexibility index (Phi) is 5.89. The molecule has 3 aliphatic rings. The summed E-state index contributed by atoms with van der Waals surface area (Å²) < 4.78 is 2.09. The van der Waals surface area contributed by atoms with Crippen molar-refractivity contribution >= 4 is 34.4 Å². The third-order valence-corrected chi connectivity index (χ3v) is 8.49. The van der Waals surface area contributed by atoms with Gasteiger partial charge < -0.3 is 24.8 Å². The van der Waals surface area contributed by atoms with Gasteiger partial charge in [0.25, 0.3) is 5.91 Å². The molecule has 8 nitrogen and oxygen atoms in total. The van der Waals surface area contributed by atoms with Gasteiger partial charge in [-0.1, -0.05) is 30.3 Å². The zero-order valence-electron chi connectivity index (χ0n) is 21.0. The van der Waals surface area contributed by atoms with Crippen molar-refractivity contribution < 1.29 is 19.5 Å². The predicted molar refractivity (Wildman–Crippen MR) is 140 cm³/mol. The van der Waals surface area contributed by atoms with Gasteiger partial charge >= 0.3 is 5.97 Å². The summed E-state index contributed by atoms with van der Waals surface area (Å²) in [5.41, 5.74) is 4.83. The number of para-hydroxylation sites is 2. The van der Waals surface area contributed by atoms with Gasteiger partial charge in [-0.25, -0.2) is 0 Å². The van der Waals surface area contributed by atoms with Gasteiger partial charge in [0.1, 0.15) is 12.7 Å². The van der Waals surface area contributed by atoms with Crippen molar-refractivity contribution in [1.82, 2.24) is 14.8 Å². The van der Waals surface area contributed by atoms with E-state index >= 15 is 0 Å². The molecule has 3 aromatic rings. The average Bonchev–Trinajstić information content (AvgIpc) is 3.24. The molecule has 1 unspecified atom stereocenters. The molecule has 3 heterocycles. The fourth-order valence-electron chi connectivity index (χ4n) is 6.55. The fourth-order valence-corrected chi connectivity index (χ4v) is 6.55. The molecule has 2 N–H and O–H groups in total. The topological polar surface area (TPSA) is 94.9 Å². The number of carboxylic acids is 1. The lowest BCUT2D eigenvalue weighted by Crippen LogP contribution is -2.51. The van der Waals surface area contributed by atoms with Crippen molar-refractivity contribution in [1.29, 1.82) is 0 Å². The van der Waals surface area contributed by atoms with Crippen molar-refractivity contribution in [2.45, 2.75) is 44.8 Å². The molecule has 0 radical (unpaired) electrons. The quantitative estimate of drug-likeness (QED) is 0.556. The molecular weight excluding hydrogens is 468 g/mol. The van der Waals surface area contributed by atoms with E-state index in [0.29, 0.717) is 37.4 Å². The Morgan fingerprint density at radius 2 is 1.76 bits per heavy atom. The van der Waals surface area contributed by atoms with E-state index in [9.17, 15) is 19.5 Å². The molecule has 1 atom stereocenters. The number of amides is 2. The molecule has 192 valence electrons. The molecule has 1 aliphatic carbocycles. The molecule has 1 aromatic heterocycles. The molecule has 1 saturated carbocycles. The van der Waals surface area contributed by atoms with E-state index in [1.807, 2.05) is 48.3 Å². The minimum atomic E-state index is -0.713. The largest absolute Gasteiger partial charge is 0.481 e. The number of carbonyl (C=O) groups is 3. The van der Waals surface area contributed by atoms with Crippen LogP contribution in [-0.2, 0) is 22.6 Å². The first-order chi connectivity index (χ1) is 17.9. The number of benzene rings is 2. The molecule has 0 bridgehead atoms. The normalized spacial score (nSPS) is 22.8. The van der Waals surface area contributed by atoms with Crippen LogP contribution < -0.4 is 10.2 Å². The fraction of sp³-hybridized carbons (Fsp3) is 0.414. The van der Waals surface area contributed by atoms with Crippen LogP contribution in [0.1, 0.15) is 53.5 Å². The summed E-state index contributed by atoms with van der Waals surface area (Å²) in [5.74, 6) is -0.694. The maximum atomic E-state index is 13.5. The van der Waals surface area contributed by atoms with E-state index in [1.165, 1.54) is 5.56 Å². The smallest absolute Gasteiger partial charge is 0.306 e. The van der Waals surface area contributed by atoms with Crippen molar-refractivity contribution in [3.05, 3.63) is 65.4 Å². The summed E-state index contributed by atoms with van der Waals surface area (Å²) in [4.78, 5) is 42.0. The van der Waals surface area contributed by atoms with Crippen molar-refractivity contribution in [3.63, 3.8) is 0 Å². The van der Waals surface area contributed by atoms with Gasteiger partial charge in [0, 0.05) is 31.0 Å². The first-order valence-corrected chi connectivity index (χ1v) is 13.2. The number of fused-ring (bicyclic) bond motifs is 6. The van der Waals surface area contributed by atoms with Crippen LogP contribution in [0.2, 0.25) is 0 Å². The van der Waals surface area contributed by atoms with E-state index in [1.54, 1.807) is 0 Å². The minimum Gasteiger partial charge on any atom is -0.481 e. The SMILES string of the molecule is CN1c2ccccc2C(=O)N2CCc3c(n(CC(=O)NCC4CCC(C(=O)O)CC4)c4ccccc34)C21.